The number of rotatable bonds is 1. The standard InChI is InChI=1S/C22H20N2O/c1-23-7-6-11-9-24(12-5-3-2-4-10(12)8-13(11)23)21(25)22-18-15-14-16(18)20(22)17(14)19(15)22/h2-7,14-20H,8-9H2,1H3. The molecule has 3 nitrogen and oxygen atoms in total. The van der Waals surface area contributed by atoms with Crippen LogP contribution < -0.4 is 4.90 Å². The van der Waals surface area contributed by atoms with Crippen molar-refractivity contribution in [1.29, 1.82) is 0 Å². The average Bonchev–Trinajstić information content (AvgIpc) is 2.90. The highest BCUT2D eigenvalue weighted by molar-refractivity contribution is 6.03. The van der Waals surface area contributed by atoms with Crippen molar-refractivity contribution in [2.24, 2.45) is 53.9 Å². The molecule has 0 bridgehead atoms. The van der Waals surface area contributed by atoms with Gasteiger partial charge in [0.05, 0.1) is 12.0 Å². The molecule has 2 aromatic rings. The first-order valence-corrected chi connectivity index (χ1v) is 9.77. The van der Waals surface area contributed by atoms with Gasteiger partial charge in [-0.3, -0.25) is 4.79 Å². The molecule has 1 aliphatic heterocycles. The minimum absolute atomic E-state index is 0.0845. The number of fused-ring (bicyclic) bond motifs is 2. The summed E-state index contributed by atoms with van der Waals surface area (Å²) in [4.78, 5) is 16.0. The van der Waals surface area contributed by atoms with E-state index in [9.17, 15) is 4.79 Å². The number of carbonyl (C=O) groups is 1. The molecule has 0 spiro atoms. The van der Waals surface area contributed by atoms with E-state index < -0.39 is 0 Å². The SMILES string of the molecule is Cn1ccc2c1Cc1ccccc1N(C(=O)C13C4C5C6C4C1C6C53)C2. The van der Waals surface area contributed by atoms with Gasteiger partial charge in [0.1, 0.15) is 0 Å². The molecule has 6 fully saturated rings. The summed E-state index contributed by atoms with van der Waals surface area (Å²) in [7, 11) is 2.12. The third-order valence-electron chi connectivity index (χ3n) is 9.36. The van der Waals surface area contributed by atoms with E-state index in [-0.39, 0.29) is 5.41 Å². The van der Waals surface area contributed by atoms with E-state index in [0.717, 1.165) is 60.1 Å². The van der Waals surface area contributed by atoms with Gasteiger partial charge in [0.15, 0.2) is 0 Å². The monoisotopic (exact) mass is 328 g/mol. The van der Waals surface area contributed by atoms with Crippen molar-refractivity contribution in [3.63, 3.8) is 0 Å². The molecule has 6 saturated carbocycles. The summed E-state index contributed by atoms with van der Waals surface area (Å²) in [5, 5.41) is 0. The van der Waals surface area contributed by atoms with Gasteiger partial charge in [-0.25, -0.2) is 0 Å². The van der Waals surface area contributed by atoms with Crippen molar-refractivity contribution >= 4 is 11.6 Å². The van der Waals surface area contributed by atoms with Crippen LogP contribution >= 0.6 is 0 Å². The topological polar surface area (TPSA) is 25.2 Å². The van der Waals surface area contributed by atoms with Crippen LogP contribution in [0.15, 0.2) is 36.5 Å². The van der Waals surface area contributed by atoms with Crippen molar-refractivity contribution < 1.29 is 4.79 Å². The first-order chi connectivity index (χ1) is 12.2. The van der Waals surface area contributed by atoms with Gasteiger partial charge in [0.2, 0.25) is 5.91 Å². The van der Waals surface area contributed by atoms with E-state index >= 15 is 0 Å². The summed E-state index contributed by atoms with van der Waals surface area (Å²) in [6, 6.07) is 10.8. The van der Waals surface area contributed by atoms with E-state index in [0.29, 0.717) is 5.91 Å². The van der Waals surface area contributed by atoms with Crippen LogP contribution in [0.2, 0.25) is 0 Å². The molecular formula is C22H20N2O. The van der Waals surface area contributed by atoms with Gasteiger partial charge in [-0.15, -0.1) is 0 Å². The maximum absolute atomic E-state index is 13.8. The van der Waals surface area contributed by atoms with Crippen LogP contribution in [0.1, 0.15) is 16.8 Å². The summed E-state index contributed by atoms with van der Waals surface area (Å²) in [5.41, 5.74) is 5.23. The molecule has 124 valence electrons. The zero-order valence-electron chi connectivity index (χ0n) is 14.2. The van der Waals surface area contributed by atoms with Crippen molar-refractivity contribution in [2.75, 3.05) is 4.90 Å². The van der Waals surface area contributed by atoms with Gasteiger partial charge in [-0.2, -0.15) is 0 Å². The van der Waals surface area contributed by atoms with E-state index in [1.54, 1.807) is 0 Å². The smallest absolute Gasteiger partial charge is 0.234 e. The Balaban J connectivity index is 1.27. The van der Waals surface area contributed by atoms with E-state index in [1.807, 2.05) is 0 Å². The number of nitrogens with zero attached hydrogens (tertiary/aromatic N) is 2. The second-order valence-electron chi connectivity index (χ2n) is 9.42. The summed E-state index contributed by atoms with van der Waals surface area (Å²) in [5.74, 6) is 6.72. The number of benzene rings is 1. The minimum atomic E-state index is 0.0845. The highest BCUT2D eigenvalue weighted by Gasteiger charge is 3.06. The van der Waals surface area contributed by atoms with Gasteiger partial charge >= 0.3 is 0 Å². The van der Waals surface area contributed by atoms with E-state index in [1.165, 1.54) is 16.8 Å². The van der Waals surface area contributed by atoms with Crippen LogP contribution in [-0.4, -0.2) is 10.5 Å². The van der Waals surface area contributed by atoms with Crippen LogP contribution in [0, 0.1) is 46.8 Å². The maximum atomic E-state index is 13.8. The normalized spacial score (nSPS) is 47.7. The fourth-order valence-electron chi connectivity index (χ4n) is 8.63. The van der Waals surface area contributed by atoms with Crippen molar-refractivity contribution in [1.82, 2.24) is 4.57 Å². The number of anilines is 1. The lowest BCUT2D eigenvalue weighted by Gasteiger charge is -3.06. The number of carbonyl (C=O) groups excluding carboxylic acids is 1. The fraction of sp³-hybridized carbons (Fsp3) is 0.500. The number of hydrogen-bond donors (Lipinski definition) is 0. The van der Waals surface area contributed by atoms with Gasteiger partial charge < -0.3 is 9.47 Å². The lowest BCUT2D eigenvalue weighted by atomic mass is 8.96. The molecule has 0 N–H and O–H groups in total. The van der Waals surface area contributed by atoms with Crippen molar-refractivity contribution in [3.8, 4) is 0 Å². The zero-order valence-corrected chi connectivity index (χ0v) is 14.2. The van der Waals surface area contributed by atoms with Gasteiger partial charge in [0.25, 0.3) is 0 Å². The molecular weight excluding hydrogens is 308 g/mol. The summed E-state index contributed by atoms with van der Waals surface area (Å²) in [6.45, 7) is 0.753. The van der Waals surface area contributed by atoms with Crippen LogP contribution in [0.5, 0.6) is 0 Å². The Bertz CT molecular complexity index is 966. The fourth-order valence-corrected chi connectivity index (χ4v) is 8.63. The van der Waals surface area contributed by atoms with Gasteiger partial charge in [-0.05, 0) is 64.7 Å². The lowest BCUT2D eigenvalue weighted by molar-refractivity contribution is -0.595. The van der Waals surface area contributed by atoms with Gasteiger partial charge in [-0.1, -0.05) is 18.2 Å². The Labute approximate surface area is 146 Å². The Morgan fingerprint density at radius 1 is 1.00 bits per heavy atom. The first-order valence-electron chi connectivity index (χ1n) is 9.77. The number of aryl methyl sites for hydroxylation is 1. The Morgan fingerprint density at radius 2 is 1.72 bits per heavy atom. The molecule has 0 atom stereocenters. The van der Waals surface area contributed by atoms with Crippen LogP contribution in [0.3, 0.4) is 0 Å². The average molecular weight is 328 g/mol. The molecule has 1 amide bonds. The van der Waals surface area contributed by atoms with Crippen molar-refractivity contribution in [3.05, 3.63) is 53.3 Å². The molecule has 0 radical (unpaired) electrons. The van der Waals surface area contributed by atoms with Crippen molar-refractivity contribution in [2.45, 2.75) is 13.0 Å². The predicted molar refractivity (Wildman–Crippen MR) is 92.7 cm³/mol. The van der Waals surface area contributed by atoms with Crippen LogP contribution in [0.4, 0.5) is 5.69 Å². The third-order valence-corrected chi connectivity index (χ3v) is 9.36. The quantitative estimate of drug-likeness (QED) is 0.790. The Kier molecular flexibility index (Phi) is 1.64. The van der Waals surface area contributed by atoms with E-state index in [4.69, 9.17) is 0 Å². The Morgan fingerprint density at radius 3 is 2.48 bits per heavy atom. The molecule has 1 aromatic heterocycles. The lowest BCUT2D eigenvalue weighted by Crippen LogP contribution is -3.07. The summed E-state index contributed by atoms with van der Waals surface area (Å²) < 4.78 is 2.23. The molecule has 7 aliphatic rings. The molecule has 1 aromatic carbocycles. The summed E-state index contributed by atoms with van der Waals surface area (Å²) >= 11 is 0. The maximum Gasteiger partial charge on any atom is 0.234 e. The second-order valence-corrected chi connectivity index (χ2v) is 9.42. The molecule has 3 heteroatoms. The number of hydrogen-bond acceptors (Lipinski definition) is 1. The second kappa shape index (κ2) is 3.32. The molecule has 0 saturated heterocycles. The first kappa shape index (κ1) is 12.3. The van der Waals surface area contributed by atoms with Gasteiger partial charge in [0, 0.05) is 31.0 Å². The molecule has 6 aliphatic carbocycles. The molecule has 2 heterocycles. The molecule has 0 unspecified atom stereocenters. The summed E-state index contributed by atoms with van der Waals surface area (Å²) in [6.07, 6.45) is 3.07. The third kappa shape index (κ3) is 0.913. The highest BCUT2D eigenvalue weighted by Crippen LogP contribution is 3.06. The van der Waals surface area contributed by atoms with Crippen LogP contribution in [-0.2, 0) is 24.8 Å². The Hall–Kier alpha value is -2.03. The number of para-hydroxylation sites is 1. The zero-order chi connectivity index (χ0) is 16.2. The largest absolute Gasteiger partial charge is 0.354 e. The minimum Gasteiger partial charge on any atom is -0.354 e. The van der Waals surface area contributed by atoms with E-state index in [2.05, 4.69) is 53.0 Å². The predicted octanol–water partition coefficient (Wildman–Crippen LogP) is 2.83. The molecule has 9 rings (SSSR count). The number of aromatic nitrogens is 1. The van der Waals surface area contributed by atoms with Crippen LogP contribution in [0.25, 0.3) is 0 Å². The highest BCUT2D eigenvalue weighted by atomic mass is 16.2. The number of amides is 1. The molecule has 25 heavy (non-hydrogen) atoms.